The van der Waals surface area contributed by atoms with Gasteiger partial charge in [0.05, 0.1) is 12.7 Å². The molecular weight excluding hydrogens is 283 g/mol. The number of aromatic amines is 1. The Morgan fingerprint density at radius 1 is 1.32 bits per heavy atom. The fourth-order valence-corrected chi connectivity index (χ4v) is 2.72. The van der Waals surface area contributed by atoms with Gasteiger partial charge in [-0.15, -0.1) is 0 Å². The minimum Gasteiger partial charge on any atom is -0.372 e. The van der Waals surface area contributed by atoms with Crippen molar-refractivity contribution in [3.63, 3.8) is 0 Å². The number of hydrogen-bond donors (Lipinski definition) is 1. The van der Waals surface area contributed by atoms with Crippen molar-refractivity contribution in [2.45, 2.75) is 25.6 Å². The first-order valence-corrected chi connectivity index (χ1v) is 7.51. The minimum atomic E-state index is -0.252. The number of halogens is 1. The van der Waals surface area contributed by atoms with Crippen LogP contribution < -0.4 is 0 Å². The molecule has 1 aromatic heterocycles. The quantitative estimate of drug-likeness (QED) is 0.943. The minimum absolute atomic E-state index is 0.0100. The molecule has 5 heteroatoms. The molecule has 1 N–H and O–H groups in total. The van der Waals surface area contributed by atoms with Crippen molar-refractivity contribution >= 4 is 5.91 Å². The molecule has 1 amide bonds. The van der Waals surface area contributed by atoms with Crippen LogP contribution in [0.1, 0.15) is 28.9 Å². The number of nitrogens with one attached hydrogen (secondary N) is 1. The van der Waals surface area contributed by atoms with Crippen molar-refractivity contribution in [3.8, 4) is 0 Å². The SMILES string of the molecule is O=C(c1ccc[nH]1)N1CCC[C@H](OCc2ccccc2F)C1. The maximum Gasteiger partial charge on any atom is 0.270 e. The number of H-pyrrole nitrogens is 1. The lowest BCUT2D eigenvalue weighted by atomic mass is 10.1. The van der Waals surface area contributed by atoms with E-state index in [0.717, 1.165) is 19.4 Å². The summed E-state index contributed by atoms with van der Waals surface area (Å²) in [6.45, 7) is 1.52. The van der Waals surface area contributed by atoms with Crippen LogP contribution in [0.4, 0.5) is 4.39 Å². The summed E-state index contributed by atoms with van der Waals surface area (Å²) in [4.78, 5) is 17.0. The van der Waals surface area contributed by atoms with Crippen LogP contribution in [0.5, 0.6) is 0 Å². The number of ether oxygens (including phenoxy) is 1. The summed E-state index contributed by atoms with van der Waals surface area (Å²) in [5.41, 5.74) is 1.14. The average molecular weight is 302 g/mol. The number of carbonyl (C=O) groups excluding carboxylic acids is 1. The second-order valence-electron chi connectivity index (χ2n) is 5.50. The van der Waals surface area contributed by atoms with Crippen LogP contribution in [-0.2, 0) is 11.3 Å². The number of likely N-dealkylation sites (tertiary alicyclic amines) is 1. The predicted molar refractivity (Wildman–Crippen MR) is 80.9 cm³/mol. The summed E-state index contributed by atoms with van der Waals surface area (Å²) < 4.78 is 19.4. The van der Waals surface area contributed by atoms with Gasteiger partial charge in [-0.1, -0.05) is 18.2 Å². The molecule has 4 nitrogen and oxygen atoms in total. The van der Waals surface area contributed by atoms with Crippen LogP contribution >= 0.6 is 0 Å². The second kappa shape index (κ2) is 6.75. The molecule has 0 unspecified atom stereocenters. The Hall–Kier alpha value is -2.14. The van der Waals surface area contributed by atoms with E-state index in [9.17, 15) is 9.18 Å². The largest absolute Gasteiger partial charge is 0.372 e. The number of carbonyl (C=O) groups is 1. The third kappa shape index (κ3) is 3.36. The molecule has 116 valence electrons. The van der Waals surface area contributed by atoms with Crippen molar-refractivity contribution in [2.24, 2.45) is 0 Å². The fourth-order valence-electron chi connectivity index (χ4n) is 2.72. The van der Waals surface area contributed by atoms with Crippen LogP contribution in [-0.4, -0.2) is 35.0 Å². The van der Waals surface area contributed by atoms with Gasteiger partial charge >= 0.3 is 0 Å². The molecule has 0 bridgehead atoms. The molecule has 1 aromatic carbocycles. The normalized spacial score (nSPS) is 18.4. The molecule has 3 rings (SSSR count). The van der Waals surface area contributed by atoms with Gasteiger partial charge in [0, 0.05) is 24.8 Å². The summed E-state index contributed by atoms with van der Waals surface area (Å²) in [5.74, 6) is -0.262. The third-order valence-corrected chi connectivity index (χ3v) is 3.93. The van der Waals surface area contributed by atoms with Crippen LogP contribution in [0.3, 0.4) is 0 Å². The van der Waals surface area contributed by atoms with Crippen molar-refractivity contribution in [1.82, 2.24) is 9.88 Å². The highest BCUT2D eigenvalue weighted by atomic mass is 19.1. The van der Waals surface area contributed by atoms with E-state index in [1.807, 2.05) is 6.07 Å². The first kappa shape index (κ1) is 14.8. The molecule has 0 radical (unpaired) electrons. The monoisotopic (exact) mass is 302 g/mol. The van der Waals surface area contributed by atoms with Crippen LogP contribution in [0.15, 0.2) is 42.6 Å². The van der Waals surface area contributed by atoms with Crippen molar-refractivity contribution in [3.05, 3.63) is 59.7 Å². The van der Waals surface area contributed by atoms with E-state index >= 15 is 0 Å². The molecule has 2 aromatic rings. The van der Waals surface area contributed by atoms with Gasteiger partial charge < -0.3 is 14.6 Å². The molecular formula is C17H19FN2O2. The highest BCUT2D eigenvalue weighted by Gasteiger charge is 2.25. The van der Waals surface area contributed by atoms with Gasteiger partial charge in [-0.2, -0.15) is 0 Å². The molecule has 22 heavy (non-hydrogen) atoms. The first-order valence-electron chi connectivity index (χ1n) is 7.51. The van der Waals surface area contributed by atoms with E-state index in [1.54, 1.807) is 35.4 Å². The Kier molecular flexibility index (Phi) is 4.53. The molecule has 0 aliphatic carbocycles. The summed E-state index contributed by atoms with van der Waals surface area (Å²) in [5, 5.41) is 0. The Morgan fingerprint density at radius 2 is 2.18 bits per heavy atom. The topological polar surface area (TPSA) is 45.3 Å². The van der Waals surface area contributed by atoms with E-state index in [4.69, 9.17) is 4.74 Å². The van der Waals surface area contributed by atoms with Crippen molar-refractivity contribution < 1.29 is 13.9 Å². The van der Waals surface area contributed by atoms with Crippen LogP contribution in [0.2, 0.25) is 0 Å². The smallest absolute Gasteiger partial charge is 0.270 e. The zero-order valence-electron chi connectivity index (χ0n) is 12.3. The zero-order valence-corrected chi connectivity index (χ0v) is 12.3. The zero-order chi connectivity index (χ0) is 15.4. The van der Waals surface area contributed by atoms with Gasteiger partial charge in [-0.3, -0.25) is 4.79 Å². The number of hydrogen-bond acceptors (Lipinski definition) is 2. The van der Waals surface area contributed by atoms with E-state index in [2.05, 4.69) is 4.98 Å². The van der Waals surface area contributed by atoms with Gasteiger partial charge in [0.15, 0.2) is 0 Å². The molecule has 0 spiro atoms. The number of rotatable bonds is 4. The van der Waals surface area contributed by atoms with Gasteiger partial charge in [0.25, 0.3) is 5.91 Å². The number of nitrogens with zero attached hydrogens (tertiary/aromatic N) is 1. The molecule has 1 aliphatic heterocycles. The molecule has 1 aliphatic rings. The maximum absolute atomic E-state index is 13.6. The number of benzene rings is 1. The first-order chi connectivity index (χ1) is 10.7. The standard InChI is InChI=1S/C17H19FN2O2/c18-15-7-2-1-5-13(15)12-22-14-6-4-10-20(11-14)17(21)16-8-3-9-19-16/h1-3,5,7-9,14,19H,4,6,10-12H2/t14-/m0/s1. The molecule has 1 saturated heterocycles. The van der Waals surface area contributed by atoms with E-state index < -0.39 is 0 Å². The molecule has 0 saturated carbocycles. The van der Waals surface area contributed by atoms with Gasteiger partial charge in [-0.25, -0.2) is 4.39 Å². The lowest BCUT2D eigenvalue weighted by molar-refractivity contribution is -0.00775. The van der Waals surface area contributed by atoms with E-state index in [-0.39, 0.29) is 24.4 Å². The predicted octanol–water partition coefficient (Wildman–Crippen LogP) is 2.98. The Labute approximate surface area is 128 Å². The Morgan fingerprint density at radius 3 is 2.95 bits per heavy atom. The number of amides is 1. The van der Waals surface area contributed by atoms with Crippen LogP contribution in [0.25, 0.3) is 0 Å². The highest BCUT2D eigenvalue weighted by Crippen LogP contribution is 2.18. The van der Waals surface area contributed by atoms with Crippen molar-refractivity contribution in [2.75, 3.05) is 13.1 Å². The van der Waals surface area contributed by atoms with Gasteiger partial charge in [-0.05, 0) is 31.0 Å². The summed E-state index contributed by atoms with van der Waals surface area (Å²) >= 11 is 0. The molecule has 1 atom stereocenters. The second-order valence-corrected chi connectivity index (χ2v) is 5.50. The van der Waals surface area contributed by atoms with E-state index in [1.165, 1.54) is 6.07 Å². The Balaban J connectivity index is 1.57. The average Bonchev–Trinajstić information content (AvgIpc) is 3.08. The Bertz CT molecular complexity index is 627. The van der Waals surface area contributed by atoms with Gasteiger partial charge in [0.1, 0.15) is 11.5 Å². The fraction of sp³-hybridized carbons (Fsp3) is 0.353. The van der Waals surface area contributed by atoms with Crippen LogP contribution in [0, 0.1) is 5.82 Å². The number of piperidine rings is 1. The summed E-state index contributed by atoms with van der Waals surface area (Å²) in [6.07, 6.45) is 3.48. The summed E-state index contributed by atoms with van der Waals surface area (Å²) in [7, 11) is 0. The number of aromatic nitrogens is 1. The molecule has 2 heterocycles. The van der Waals surface area contributed by atoms with E-state index in [0.29, 0.717) is 17.8 Å². The van der Waals surface area contributed by atoms with Crippen molar-refractivity contribution in [1.29, 1.82) is 0 Å². The third-order valence-electron chi connectivity index (χ3n) is 3.93. The highest BCUT2D eigenvalue weighted by molar-refractivity contribution is 5.92. The lowest BCUT2D eigenvalue weighted by Crippen LogP contribution is -2.43. The maximum atomic E-state index is 13.6. The van der Waals surface area contributed by atoms with Gasteiger partial charge in [0.2, 0.25) is 0 Å². The lowest BCUT2D eigenvalue weighted by Gasteiger charge is -2.32. The summed E-state index contributed by atoms with van der Waals surface area (Å²) in [6, 6.07) is 10.2. The molecule has 1 fully saturated rings.